The summed E-state index contributed by atoms with van der Waals surface area (Å²) >= 11 is 0. The number of pyridine rings is 1. The molecule has 1 aromatic heterocycles. The van der Waals surface area contributed by atoms with Crippen molar-refractivity contribution in [3.63, 3.8) is 0 Å². The van der Waals surface area contributed by atoms with E-state index < -0.39 is 0 Å². The second-order valence-electron chi connectivity index (χ2n) is 5.97. The van der Waals surface area contributed by atoms with Gasteiger partial charge in [0.2, 0.25) is 11.8 Å². The number of benzene rings is 1. The van der Waals surface area contributed by atoms with Crippen LogP contribution in [0.5, 0.6) is 17.4 Å². The van der Waals surface area contributed by atoms with E-state index in [4.69, 9.17) is 9.47 Å². The van der Waals surface area contributed by atoms with Crippen LogP contribution >= 0.6 is 24.8 Å². The molecule has 1 aromatic carbocycles. The Bertz CT molecular complexity index is 725. The van der Waals surface area contributed by atoms with Crippen molar-refractivity contribution in [2.45, 2.75) is 31.8 Å². The third-order valence-corrected chi connectivity index (χ3v) is 4.19. The molecule has 1 amide bonds. The van der Waals surface area contributed by atoms with Gasteiger partial charge in [-0.2, -0.15) is 0 Å². The number of amides is 1. The van der Waals surface area contributed by atoms with Gasteiger partial charge < -0.3 is 20.1 Å². The summed E-state index contributed by atoms with van der Waals surface area (Å²) in [5, 5.41) is 6.22. The van der Waals surface area contributed by atoms with Gasteiger partial charge in [-0.3, -0.25) is 4.79 Å². The zero-order valence-corrected chi connectivity index (χ0v) is 16.8. The molecule has 1 aliphatic rings. The first-order valence-electron chi connectivity index (χ1n) is 8.53. The fourth-order valence-electron chi connectivity index (χ4n) is 2.81. The topological polar surface area (TPSA) is 72.5 Å². The molecule has 1 aliphatic heterocycles. The van der Waals surface area contributed by atoms with Crippen LogP contribution in [0.3, 0.4) is 0 Å². The van der Waals surface area contributed by atoms with E-state index in [1.807, 2.05) is 30.3 Å². The molecule has 1 atom stereocenters. The Morgan fingerprint density at radius 3 is 2.78 bits per heavy atom. The lowest BCUT2D eigenvalue weighted by Crippen LogP contribution is -2.46. The normalized spacial score (nSPS) is 15.7. The van der Waals surface area contributed by atoms with Crippen molar-refractivity contribution in [1.82, 2.24) is 15.6 Å². The van der Waals surface area contributed by atoms with Crippen LogP contribution < -0.4 is 20.1 Å². The second kappa shape index (κ2) is 11.6. The van der Waals surface area contributed by atoms with Crippen LogP contribution in [0.1, 0.15) is 24.8 Å². The molecule has 0 saturated carbocycles. The van der Waals surface area contributed by atoms with E-state index in [0.29, 0.717) is 23.9 Å². The van der Waals surface area contributed by atoms with Gasteiger partial charge >= 0.3 is 0 Å². The number of aromatic nitrogens is 1. The highest BCUT2D eigenvalue weighted by Crippen LogP contribution is 2.26. The average molecular weight is 414 g/mol. The first kappa shape index (κ1) is 23.0. The van der Waals surface area contributed by atoms with Crippen LogP contribution in [0.4, 0.5) is 0 Å². The molecule has 2 aromatic rings. The molecular weight excluding hydrogens is 389 g/mol. The van der Waals surface area contributed by atoms with Crippen molar-refractivity contribution in [2.24, 2.45) is 0 Å². The standard InChI is InChI=1S/C19H23N3O3.2ClH/c1-24-15-7-4-8-16(12-15)25-19-14(6-5-11-21-19)13-22-18(23)17-9-2-3-10-20-17;;/h4-8,11-12,17,20H,2-3,9-10,13H2,1H3,(H,22,23);2*1H/t17-;;/m1../s1. The summed E-state index contributed by atoms with van der Waals surface area (Å²) in [7, 11) is 1.61. The number of hydrogen-bond acceptors (Lipinski definition) is 5. The number of carbonyl (C=O) groups is 1. The number of carbonyl (C=O) groups excluding carboxylic acids is 1. The van der Waals surface area contributed by atoms with E-state index in [9.17, 15) is 4.79 Å². The van der Waals surface area contributed by atoms with E-state index in [2.05, 4.69) is 15.6 Å². The van der Waals surface area contributed by atoms with Crippen molar-refractivity contribution in [3.8, 4) is 17.4 Å². The van der Waals surface area contributed by atoms with Crippen molar-refractivity contribution in [3.05, 3.63) is 48.2 Å². The molecule has 0 spiro atoms. The summed E-state index contributed by atoms with van der Waals surface area (Å²) in [6.07, 6.45) is 4.77. The molecule has 1 saturated heterocycles. The molecule has 27 heavy (non-hydrogen) atoms. The van der Waals surface area contributed by atoms with Crippen LogP contribution in [0.15, 0.2) is 42.6 Å². The van der Waals surface area contributed by atoms with Gasteiger partial charge in [0, 0.05) is 24.4 Å². The molecule has 2 heterocycles. The van der Waals surface area contributed by atoms with Crippen LogP contribution in [-0.4, -0.2) is 30.6 Å². The summed E-state index contributed by atoms with van der Waals surface area (Å²) in [5.41, 5.74) is 0.828. The lowest BCUT2D eigenvalue weighted by atomic mass is 10.0. The van der Waals surface area contributed by atoms with Gasteiger partial charge in [-0.1, -0.05) is 18.6 Å². The maximum Gasteiger partial charge on any atom is 0.237 e. The molecule has 8 heteroatoms. The molecular formula is C19H25Cl2N3O3. The first-order chi connectivity index (χ1) is 12.3. The van der Waals surface area contributed by atoms with E-state index in [-0.39, 0.29) is 36.8 Å². The van der Waals surface area contributed by atoms with Crippen molar-refractivity contribution in [1.29, 1.82) is 0 Å². The van der Waals surface area contributed by atoms with Gasteiger partial charge in [-0.15, -0.1) is 24.8 Å². The lowest BCUT2D eigenvalue weighted by molar-refractivity contribution is -0.123. The first-order valence-corrected chi connectivity index (χ1v) is 8.53. The predicted molar refractivity (Wildman–Crippen MR) is 109 cm³/mol. The quantitative estimate of drug-likeness (QED) is 0.757. The Kier molecular flexibility index (Phi) is 9.93. The number of nitrogens with zero attached hydrogens (tertiary/aromatic N) is 1. The molecule has 1 fully saturated rings. The zero-order valence-electron chi connectivity index (χ0n) is 15.1. The highest BCUT2D eigenvalue weighted by atomic mass is 35.5. The minimum atomic E-state index is -0.104. The second-order valence-corrected chi connectivity index (χ2v) is 5.97. The summed E-state index contributed by atoms with van der Waals surface area (Å²) in [6, 6.07) is 11.0. The fraction of sp³-hybridized carbons (Fsp3) is 0.368. The zero-order chi connectivity index (χ0) is 17.5. The highest BCUT2D eigenvalue weighted by Gasteiger charge is 2.20. The van der Waals surface area contributed by atoms with Gasteiger partial charge in [0.05, 0.1) is 13.2 Å². The molecule has 0 bridgehead atoms. The van der Waals surface area contributed by atoms with E-state index >= 15 is 0 Å². The maximum atomic E-state index is 12.3. The van der Waals surface area contributed by atoms with Crippen molar-refractivity contribution >= 4 is 30.7 Å². The Balaban J connectivity index is 0.00000182. The monoisotopic (exact) mass is 413 g/mol. The van der Waals surface area contributed by atoms with E-state index in [1.54, 1.807) is 19.4 Å². The minimum Gasteiger partial charge on any atom is -0.497 e. The maximum absolute atomic E-state index is 12.3. The van der Waals surface area contributed by atoms with Crippen LogP contribution in [0, 0.1) is 0 Å². The van der Waals surface area contributed by atoms with Gasteiger partial charge in [0.1, 0.15) is 11.5 Å². The van der Waals surface area contributed by atoms with Gasteiger partial charge in [0.15, 0.2) is 0 Å². The molecule has 0 aliphatic carbocycles. The molecule has 148 valence electrons. The summed E-state index contributed by atoms with van der Waals surface area (Å²) in [6.45, 7) is 1.28. The average Bonchev–Trinajstić information content (AvgIpc) is 2.68. The Morgan fingerprint density at radius 2 is 2.04 bits per heavy atom. The smallest absolute Gasteiger partial charge is 0.237 e. The number of rotatable bonds is 6. The van der Waals surface area contributed by atoms with Crippen LogP contribution in [-0.2, 0) is 11.3 Å². The molecule has 6 nitrogen and oxygen atoms in total. The lowest BCUT2D eigenvalue weighted by Gasteiger charge is -2.22. The Hall–Kier alpha value is -2.02. The van der Waals surface area contributed by atoms with Gasteiger partial charge in [-0.25, -0.2) is 4.98 Å². The third kappa shape index (κ3) is 6.57. The number of nitrogens with one attached hydrogen (secondary N) is 2. The van der Waals surface area contributed by atoms with E-state index in [0.717, 1.165) is 31.4 Å². The largest absolute Gasteiger partial charge is 0.497 e. The molecule has 3 rings (SSSR count). The van der Waals surface area contributed by atoms with E-state index in [1.165, 1.54) is 0 Å². The highest BCUT2D eigenvalue weighted by molar-refractivity contribution is 5.85. The SMILES string of the molecule is COc1cccc(Oc2ncccc2CNC(=O)[C@H]2CCCCN2)c1.Cl.Cl. The summed E-state index contributed by atoms with van der Waals surface area (Å²) in [5.74, 6) is 1.86. The fourth-order valence-corrected chi connectivity index (χ4v) is 2.81. The minimum absolute atomic E-state index is 0. The Labute approximate surface area is 171 Å². The van der Waals surface area contributed by atoms with Crippen LogP contribution in [0.2, 0.25) is 0 Å². The number of halogens is 2. The summed E-state index contributed by atoms with van der Waals surface area (Å²) in [4.78, 5) is 16.6. The van der Waals surface area contributed by atoms with Gasteiger partial charge in [-0.05, 0) is 37.6 Å². The number of piperidine rings is 1. The number of hydrogen-bond donors (Lipinski definition) is 2. The van der Waals surface area contributed by atoms with Crippen molar-refractivity contribution in [2.75, 3.05) is 13.7 Å². The summed E-state index contributed by atoms with van der Waals surface area (Å²) < 4.78 is 11.1. The molecule has 0 radical (unpaired) electrons. The van der Waals surface area contributed by atoms with Crippen molar-refractivity contribution < 1.29 is 14.3 Å². The molecule has 0 unspecified atom stereocenters. The van der Waals surface area contributed by atoms with Gasteiger partial charge in [0.25, 0.3) is 0 Å². The Morgan fingerprint density at radius 1 is 1.22 bits per heavy atom. The van der Waals surface area contributed by atoms with Crippen LogP contribution in [0.25, 0.3) is 0 Å². The molecule has 2 N–H and O–H groups in total. The predicted octanol–water partition coefficient (Wildman–Crippen LogP) is 3.48. The number of methoxy groups -OCH3 is 1. The third-order valence-electron chi connectivity index (χ3n) is 4.19. The number of ether oxygens (including phenoxy) is 2.